The minimum atomic E-state index is -1.73. The molecule has 0 aliphatic carbocycles. The van der Waals surface area contributed by atoms with Crippen molar-refractivity contribution >= 4 is 16.9 Å². The Labute approximate surface area is 192 Å². The van der Waals surface area contributed by atoms with Gasteiger partial charge in [-0.1, -0.05) is 0 Å². The van der Waals surface area contributed by atoms with E-state index in [0.717, 1.165) is 19.1 Å². The van der Waals surface area contributed by atoms with Gasteiger partial charge in [0, 0.05) is 24.6 Å². The number of fused-ring (bicyclic) bond motifs is 1. The summed E-state index contributed by atoms with van der Waals surface area (Å²) in [4.78, 5) is 24.6. The van der Waals surface area contributed by atoms with Crippen LogP contribution in [-0.4, -0.2) is 62.2 Å². The van der Waals surface area contributed by atoms with Gasteiger partial charge in [0.2, 0.25) is 17.5 Å². The van der Waals surface area contributed by atoms with Crippen LogP contribution in [0, 0.1) is 0 Å². The molecule has 2 heterocycles. The van der Waals surface area contributed by atoms with E-state index in [0.29, 0.717) is 0 Å². The molecule has 0 unspecified atom stereocenters. The number of hydrogen-bond acceptors (Lipinski definition) is 11. The van der Waals surface area contributed by atoms with Crippen LogP contribution >= 0.6 is 0 Å². The monoisotopic (exact) mass is 474 g/mol. The Bertz CT molecular complexity index is 1280. The highest BCUT2D eigenvalue weighted by molar-refractivity contribution is 5.88. The van der Waals surface area contributed by atoms with E-state index in [2.05, 4.69) is 0 Å². The zero-order chi connectivity index (χ0) is 24.7. The largest absolute Gasteiger partial charge is 0.508 e. The number of hydrogen-bond donors (Lipinski definition) is 5. The van der Waals surface area contributed by atoms with Crippen LogP contribution in [0.15, 0.2) is 45.6 Å². The topological polar surface area (TPSA) is 176 Å². The fourth-order valence-corrected chi connectivity index (χ4v) is 3.75. The van der Waals surface area contributed by atoms with Crippen molar-refractivity contribution in [3.05, 3.63) is 46.6 Å². The van der Waals surface area contributed by atoms with Gasteiger partial charge in [-0.25, -0.2) is 0 Å². The molecule has 3 aromatic rings. The summed E-state index contributed by atoms with van der Waals surface area (Å²) in [5, 5.41) is 50.4. The molecule has 180 valence electrons. The van der Waals surface area contributed by atoms with Gasteiger partial charge < -0.3 is 44.2 Å². The van der Waals surface area contributed by atoms with Crippen LogP contribution in [0.2, 0.25) is 0 Å². The molecule has 0 spiro atoms. The van der Waals surface area contributed by atoms with E-state index in [1.54, 1.807) is 0 Å². The number of aliphatic hydroxyl groups is 2. The summed E-state index contributed by atoms with van der Waals surface area (Å²) in [5.41, 5.74) is -0.709. The molecule has 1 saturated heterocycles. The first-order chi connectivity index (χ1) is 16.1. The maximum absolute atomic E-state index is 13.3. The highest BCUT2D eigenvalue weighted by atomic mass is 16.7. The van der Waals surface area contributed by atoms with Crippen molar-refractivity contribution in [1.29, 1.82) is 0 Å². The molecule has 0 saturated carbocycles. The van der Waals surface area contributed by atoms with E-state index in [4.69, 9.17) is 18.6 Å². The van der Waals surface area contributed by atoms with Crippen LogP contribution in [0.3, 0.4) is 0 Å². The number of rotatable bonds is 4. The Morgan fingerprint density at radius 1 is 1.00 bits per heavy atom. The molecule has 1 aromatic heterocycles. The Kier molecular flexibility index (Phi) is 6.09. The van der Waals surface area contributed by atoms with E-state index in [1.165, 1.54) is 31.2 Å². The van der Waals surface area contributed by atoms with Crippen molar-refractivity contribution in [2.75, 3.05) is 0 Å². The maximum Gasteiger partial charge on any atom is 0.303 e. The Balaban J connectivity index is 1.82. The molecule has 0 bridgehead atoms. The van der Waals surface area contributed by atoms with Gasteiger partial charge in [-0.15, -0.1) is 0 Å². The summed E-state index contributed by atoms with van der Waals surface area (Å²) >= 11 is 0. The molecule has 0 radical (unpaired) electrons. The fourth-order valence-electron chi connectivity index (χ4n) is 3.75. The normalized spacial score (nSPS) is 24.6. The molecule has 11 heteroatoms. The predicted molar refractivity (Wildman–Crippen MR) is 115 cm³/mol. The second-order valence-electron chi connectivity index (χ2n) is 7.86. The molecule has 1 aliphatic rings. The number of aromatic hydroxyl groups is 3. The number of benzene rings is 2. The van der Waals surface area contributed by atoms with Crippen LogP contribution in [0.25, 0.3) is 22.3 Å². The smallest absolute Gasteiger partial charge is 0.303 e. The average molecular weight is 474 g/mol. The molecule has 5 N–H and O–H groups in total. The highest BCUT2D eigenvalue weighted by Gasteiger charge is 2.46. The molecule has 11 nitrogen and oxygen atoms in total. The number of esters is 1. The zero-order valence-electron chi connectivity index (χ0n) is 18.0. The van der Waals surface area contributed by atoms with Gasteiger partial charge in [-0.3, -0.25) is 9.59 Å². The third kappa shape index (κ3) is 4.23. The number of phenols is 3. The minimum absolute atomic E-state index is 0.0517. The lowest BCUT2D eigenvalue weighted by molar-refractivity contribution is -0.272. The number of phenolic OH excluding ortho intramolecular Hbond substituents is 3. The van der Waals surface area contributed by atoms with E-state index in [1.807, 2.05) is 0 Å². The van der Waals surface area contributed by atoms with Crippen LogP contribution in [0.1, 0.15) is 13.8 Å². The van der Waals surface area contributed by atoms with Gasteiger partial charge in [0.25, 0.3) is 0 Å². The van der Waals surface area contributed by atoms with Crippen LogP contribution in [0.4, 0.5) is 0 Å². The van der Waals surface area contributed by atoms with Gasteiger partial charge in [0.05, 0.1) is 6.10 Å². The van der Waals surface area contributed by atoms with Crippen LogP contribution in [0.5, 0.6) is 23.0 Å². The van der Waals surface area contributed by atoms with E-state index >= 15 is 0 Å². The van der Waals surface area contributed by atoms with Gasteiger partial charge in [0.15, 0.2) is 11.9 Å². The van der Waals surface area contributed by atoms with Gasteiger partial charge in [-0.05, 0) is 31.2 Å². The zero-order valence-corrected chi connectivity index (χ0v) is 18.0. The SMILES string of the molecule is CC(=O)O[C@@H]1[C@@H](O)[C@H](O)[C@H](Oc2c(-c3ccc(O)cc3)oc3cc(O)cc(O)c3c2=O)O[C@H]1C. The third-order valence-electron chi connectivity index (χ3n) is 5.36. The lowest BCUT2D eigenvalue weighted by Gasteiger charge is -2.40. The molecule has 1 aliphatic heterocycles. The summed E-state index contributed by atoms with van der Waals surface area (Å²) in [6.45, 7) is 2.63. The van der Waals surface area contributed by atoms with Crippen molar-refractivity contribution in [3.63, 3.8) is 0 Å². The number of ether oxygens (including phenoxy) is 3. The van der Waals surface area contributed by atoms with Gasteiger partial charge >= 0.3 is 5.97 Å². The van der Waals surface area contributed by atoms with Crippen molar-refractivity contribution in [3.8, 4) is 34.3 Å². The fraction of sp³-hybridized carbons (Fsp3) is 0.304. The summed E-state index contributed by atoms with van der Waals surface area (Å²) in [6, 6.07) is 7.62. The minimum Gasteiger partial charge on any atom is -0.508 e. The molecule has 0 amide bonds. The lowest BCUT2D eigenvalue weighted by atomic mass is 9.99. The van der Waals surface area contributed by atoms with E-state index in [9.17, 15) is 35.1 Å². The average Bonchev–Trinajstić information content (AvgIpc) is 2.76. The molecule has 34 heavy (non-hydrogen) atoms. The molecule has 5 atom stereocenters. The molecular formula is C23H22O11. The van der Waals surface area contributed by atoms with Crippen molar-refractivity contribution in [2.24, 2.45) is 0 Å². The first kappa shape index (κ1) is 23.4. The lowest BCUT2D eigenvalue weighted by Crippen LogP contribution is -2.59. The molecule has 2 aromatic carbocycles. The molecule has 1 fully saturated rings. The molecular weight excluding hydrogens is 452 g/mol. The van der Waals surface area contributed by atoms with Gasteiger partial charge in [-0.2, -0.15) is 0 Å². The van der Waals surface area contributed by atoms with E-state index in [-0.39, 0.29) is 33.8 Å². The Morgan fingerprint density at radius 3 is 2.32 bits per heavy atom. The maximum atomic E-state index is 13.3. The summed E-state index contributed by atoms with van der Waals surface area (Å²) < 4.78 is 22.0. The highest BCUT2D eigenvalue weighted by Crippen LogP contribution is 2.37. The number of aliphatic hydroxyl groups excluding tert-OH is 2. The van der Waals surface area contributed by atoms with E-state index < -0.39 is 53.6 Å². The third-order valence-corrected chi connectivity index (χ3v) is 5.36. The Morgan fingerprint density at radius 2 is 1.68 bits per heavy atom. The molecule has 4 rings (SSSR count). The first-order valence-electron chi connectivity index (χ1n) is 10.2. The first-order valence-corrected chi connectivity index (χ1v) is 10.2. The van der Waals surface area contributed by atoms with Crippen LogP contribution in [-0.2, 0) is 14.3 Å². The second kappa shape index (κ2) is 8.86. The predicted octanol–water partition coefficient (Wildman–Crippen LogP) is 1.35. The van der Waals surface area contributed by atoms with Gasteiger partial charge in [0.1, 0.15) is 40.4 Å². The van der Waals surface area contributed by atoms with Crippen molar-refractivity contribution in [2.45, 2.75) is 44.6 Å². The summed E-state index contributed by atoms with van der Waals surface area (Å²) in [6.07, 6.45) is -6.98. The quantitative estimate of drug-likeness (QED) is 0.345. The summed E-state index contributed by atoms with van der Waals surface area (Å²) in [5.74, 6) is -2.27. The standard InChI is InChI=1S/C23H22O11/c1-9-20(32-10(2)24)18(29)19(30)23(31-9)34-22-17(28)16-14(27)7-13(26)8-15(16)33-21(22)11-3-5-12(25)6-4-11/h3-9,18-20,23,25-27,29-30H,1-2H3/t9-,18-,19-,20-,23-/m0/s1. The second-order valence-corrected chi connectivity index (χ2v) is 7.86. The Hall–Kier alpha value is -3.80. The summed E-state index contributed by atoms with van der Waals surface area (Å²) in [7, 11) is 0. The van der Waals surface area contributed by atoms with Crippen molar-refractivity contribution < 1.29 is 49.0 Å². The van der Waals surface area contributed by atoms with Crippen LogP contribution < -0.4 is 10.2 Å². The number of carbonyl (C=O) groups excluding carboxylic acids is 1. The number of carbonyl (C=O) groups is 1. The van der Waals surface area contributed by atoms with Crippen molar-refractivity contribution in [1.82, 2.24) is 0 Å².